The van der Waals surface area contributed by atoms with Crippen molar-refractivity contribution in [3.8, 4) is 0 Å². The summed E-state index contributed by atoms with van der Waals surface area (Å²) in [5.41, 5.74) is 4.50. The Labute approximate surface area is 229 Å². The van der Waals surface area contributed by atoms with E-state index in [-0.39, 0.29) is 12.0 Å². The highest BCUT2D eigenvalue weighted by Gasteiger charge is 2.33. The van der Waals surface area contributed by atoms with Gasteiger partial charge < -0.3 is 24.2 Å². The lowest BCUT2D eigenvalue weighted by atomic mass is 9.86. The Morgan fingerprint density at radius 3 is 2.10 bits per heavy atom. The van der Waals surface area contributed by atoms with Crippen molar-refractivity contribution >= 4 is 16.9 Å². The van der Waals surface area contributed by atoms with Crippen LogP contribution in [0.25, 0.3) is 10.8 Å². The molecule has 1 aliphatic heterocycles. The van der Waals surface area contributed by atoms with Gasteiger partial charge in [0.05, 0.1) is 45.7 Å². The molecule has 5 rings (SSSR count). The van der Waals surface area contributed by atoms with Crippen molar-refractivity contribution in [1.29, 1.82) is 0 Å². The molecule has 6 nitrogen and oxygen atoms in total. The van der Waals surface area contributed by atoms with Crippen LogP contribution in [0, 0.1) is 0 Å². The predicted molar refractivity (Wildman–Crippen MR) is 152 cm³/mol. The van der Waals surface area contributed by atoms with E-state index in [2.05, 4.69) is 54.6 Å². The summed E-state index contributed by atoms with van der Waals surface area (Å²) in [5, 5.41) is 12.0. The van der Waals surface area contributed by atoms with Crippen molar-refractivity contribution in [3.63, 3.8) is 0 Å². The minimum atomic E-state index is -0.895. The standard InChI is InChI=1S/C33H35NO5/c35-33(36)34-17-16-31(32(21-34)39-24-27-12-13-28-8-4-5-9-30(28)20-27)29-14-10-26(11-15-29)23-38-19-18-37-22-25-6-2-1-3-7-25/h1-15,20,31-32H,16-19,21-24H2,(H,35,36). The zero-order valence-corrected chi connectivity index (χ0v) is 22.1. The number of piperidine rings is 1. The van der Waals surface area contributed by atoms with Crippen molar-refractivity contribution in [2.75, 3.05) is 26.3 Å². The highest BCUT2D eigenvalue weighted by molar-refractivity contribution is 5.82. The number of amides is 1. The molecule has 0 aliphatic carbocycles. The maximum atomic E-state index is 11.7. The largest absolute Gasteiger partial charge is 0.465 e. The molecule has 1 amide bonds. The van der Waals surface area contributed by atoms with E-state index in [1.807, 2.05) is 42.5 Å². The molecule has 39 heavy (non-hydrogen) atoms. The van der Waals surface area contributed by atoms with Gasteiger partial charge in [-0.1, -0.05) is 91.0 Å². The Bertz CT molecular complexity index is 1340. The normalized spacial score (nSPS) is 17.4. The summed E-state index contributed by atoms with van der Waals surface area (Å²) < 4.78 is 17.9. The molecule has 202 valence electrons. The summed E-state index contributed by atoms with van der Waals surface area (Å²) in [5.74, 6) is 0.127. The Kier molecular flexibility index (Phi) is 9.22. The van der Waals surface area contributed by atoms with Crippen molar-refractivity contribution in [3.05, 3.63) is 119 Å². The molecule has 2 atom stereocenters. The second kappa shape index (κ2) is 13.4. The summed E-state index contributed by atoms with van der Waals surface area (Å²) in [6, 6.07) is 33.1. The number of carboxylic acid groups (broad SMARTS) is 1. The predicted octanol–water partition coefficient (Wildman–Crippen LogP) is 6.63. The Morgan fingerprint density at radius 1 is 0.744 bits per heavy atom. The summed E-state index contributed by atoms with van der Waals surface area (Å²) in [6.45, 7) is 3.50. The van der Waals surface area contributed by atoms with Crippen LogP contribution in [-0.4, -0.2) is 48.5 Å². The minimum Gasteiger partial charge on any atom is -0.465 e. The average Bonchev–Trinajstić information content (AvgIpc) is 2.98. The van der Waals surface area contributed by atoms with Crippen LogP contribution in [-0.2, 0) is 34.0 Å². The molecule has 6 heteroatoms. The van der Waals surface area contributed by atoms with Crippen molar-refractivity contribution < 1.29 is 24.1 Å². The zero-order chi connectivity index (χ0) is 26.9. The van der Waals surface area contributed by atoms with Gasteiger partial charge in [0.2, 0.25) is 0 Å². The van der Waals surface area contributed by atoms with Crippen LogP contribution >= 0.6 is 0 Å². The minimum absolute atomic E-state index is 0.127. The molecule has 0 spiro atoms. The second-order valence-corrected chi connectivity index (χ2v) is 9.99. The molecule has 1 saturated heterocycles. The Balaban J connectivity index is 1.14. The molecule has 1 heterocycles. The van der Waals surface area contributed by atoms with Crippen LogP contribution in [0.4, 0.5) is 4.79 Å². The van der Waals surface area contributed by atoms with Crippen LogP contribution in [0.5, 0.6) is 0 Å². The molecule has 0 radical (unpaired) electrons. The molecule has 0 saturated carbocycles. The third-order valence-corrected chi connectivity index (χ3v) is 7.27. The lowest BCUT2D eigenvalue weighted by molar-refractivity contribution is -0.0199. The number of hydrogen-bond acceptors (Lipinski definition) is 4. The fourth-order valence-electron chi connectivity index (χ4n) is 5.11. The van der Waals surface area contributed by atoms with Crippen LogP contribution < -0.4 is 0 Å². The van der Waals surface area contributed by atoms with Gasteiger partial charge in [0.25, 0.3) is 0 Å². The van der Waals surface area contributed by atoms with Gasteiger partial charge in [0.1, 0.15) is 0 Å². The third-order valence-electron chi connectivity index (χ3n) is 7.27. The van der Waals surface area contributed by atoms with E-state index in [9.17, 15) is 9.90 Å². The van der Waals surface area contributed by atoms with Crippen LogP contribution in [0.15, 0.2) is 97.1 Å². The number of likely N-dealkylation sites (tertiary alicyclic amines) is 1. The number of hydrogen-bond donors (Lipinski definition) is 1. The first-order valence-electron chi connectivity index (χ1n) is 13.5. The molecule has 2 unspecified atom stereocenters. The van der Waals surface area contributed by atoms with Gasteiger partial charge in [-0.3, -0.25) is 0 Å². The van der Waals surface area contributed by atoms with Gasteiger partial charge in [-0.05, 0) is 45.5 Å². The smallest absolute Gasteiger partial charge is 0.407 e. The van der Waals surface area contributed by atoms with E-state index in [1.54, 1.807) is 0 Å². The quantitative estimate of drug-likeness (QED) is 0.223. The van der Waals surface area contributed by atoms with Crippen molar-refractivity contribution in [1.82, 2.24) is 4.90 Å². The van der Waals surface area contributed by atoms with Crippen molar-refractivity contribution in [2.45, 2.75) is 38.3 Å². The fraction of sp³-hybridized carbons (Fsp3) is 0.303. The van der Waals surface area contributed by atoms with Crippen LogP contribution in [0.3, 0.4) is 0 Å². The molecule has 1 N–H and O–H groups in total. The highest BCUT2D eigenvalue weighted by Crippen LogP contribution is 2.32. The molecular weight excluding hydrogens is 490 g/mol. The van der Waals surface area contributed by atoms with E-state index in [4.69, 9.17) is 14.2 Å². The lowest BCUT2D eigenvalue weighted by Crippen LogP contribution is -2.46. The van der Waals surface area contributed by atoms with E-state index in [1.165, 1.54) is 21.2 Å². The summed E-state index contributed by atoms with van der Waals surface area (Å²) >= 11 is 0. The van der Waals surface area contributed by atoms with E-state index < -0.39 is 6.09 Å². The molecule has 0 aromatic heterocycles. The summed E-state index contributed by atoms with van der Waals surface area (Å²) in [7, 11) is 0. The van der Waals surface area contributed by atoms with Gasteiger partial charge in [0.15, 0.2) is 0 Å². The number of carbonyl (C=O) groups is 1. The van der Waals surface area contributed by atoms with Gasteiger partial charge in [-0.2, -0.15) is 0 Å². The lowest BCUT2D eigenvalue weighted by Gasteiger charge is -2.37. The van der Waals surface area contributed by atoms with Gasteiger partial charge >= 0.3 is 6.09 Å². The average molecular weight is 526 g/mol. The fourth-order valence-corrected chi connectivity index (χ4v) is 5.11. The number of ether oxygens (including phenoxy) is 3. The third kappa shape index (κ3) is 7.45. The van der Waals surface area contributed by atoms with Gasteiger partial charge in [0, 0.05) is 12.5 Å². The Hall–Kier alpha value is -3.71. The molecular formula is C33H35NO5. The van der Waals surface area contributed by atoms with Crippen LogP contribution in [0.2, 0.25) is 0 Å². The summed E-state index contributed by atoms with van der Waals surface area (Å²) in [6.07, 6.45) is -0.387. The van der Waals surface area contributed by atoms with E-state index in [0.717, 1.165) is 23.1 Å². The molecule has 1 aliphatic rings. The second-order valence-electron chi connectivity index (χ2n) is 9.99. The van der Waals surface area contributed by atoms with E-state index >= 15 is 0 Å². The number of nitrogens with zero attached hydrogens (tertiary/aromatic N) is 1. The number of fused-ring (bicyclic) bond motifs is 1. The maximum absolute atomic E-state index is 11.7. The molecule has 1 fully saturated rings. The van der Waals surface area contributed by atoms with Crippen molar-refractivity contribution in [2.24, 2.45) is 0 Å². The zero-order valence-electron chi connectivity index (χ0n) is 22.1. The topological polar surface area (TPSA) is 68.2 Å². The Morgan fingerprint density at radius 2 is 1.38 bits per heavy atom. The maximum Gasteiger partial charge on any atom is 0.407 e. The van der Waals surface area contributed by atoms with Gasteiger partial charge in [-0.25, -0.2) is 4.79 Å². The highest BCUT2D eigenvalue weighted by atomic mass is 16.5. The first-order valence-corrected chi connectivity index (χ1v) is 13.5. The van der Waals surface area contributed by atoms with Crippen LogP contribution in [0.1, 0.15) is 34.6 Å². The summed E-state index contributed by atoms with van der Waals surface area (Å²) in [4.78, 5) is 13.2. The number of rotatable bonds is 11. The number of benzene rings is 4. The SMILES string of the molecule is O=C(O)N1CCC(c2ccc(COCCOCc3ccccc3)cc2)C(OCc2ccc3ccccc3c2)C1. The van der Waals surface area contributed by atoms with E-state index in [0.29, 0.717) is 46.1 Å². The molecule has 4 aromatic rings. The first-order chi connectivity index (χ1) is 19.2. The molecule has 4 aromatic carbocycles. The first kappa shape index (κ1) is 26.9. The molecule has 0 bridgehead atoms. The van der Waals surface area contributed by atoms with Gasteiger partial charge in [-0.15, -0.1) is 0 Å². The monoisotopic (exact) mass is 525 g/mol.